The number of rotatable bonds is 6. The lowest BCUT2D eigenvalue weighted by Gasteiger charge is -2.42. The van der Waals surface area contributed by atoms with Crippen LogP contribution in [-0.4, -0.2) is 58.2 Å². The van der Waals surface area contributed by atoms with Crippen molar-refractivity contribution >= 4 is 0 Å². The third kappa shape index (κ3) is 4.01. The highest BCUT2D eigenvalue weighted by atomic mass is 16.5. The predicted octanol–water partition coefficient (Wildman–Crippen LogP) is 1.31. The van der Waals surface area contributed by atoms with Crippen LogP contribution in [0.4, 0.5) is 0 Å². The average molecular weight is 282 g/mol. The maximum atomic E-state index is 6.03. The lowest BCUT2D eigenvalue weighted by atomic mass is 10.1. The fourth-order valence-corrected chi connectivity index (χ4v) is 2.82. The topological polar surface area (TPSA) is 52.4 Å². The van der Waals surface area contributed by atoms with Gasteiger partial charge in [0.2, 0.25) is 0 Å². The van der Waals surface area contributed by atoms with Gasteiger partial charge in [0.1, 0.15) is 12.2 Å². The van der Waals surface area contributed by atoms with E-state index >= 15 is 0 Å². The molecule has 6 nitrogen and oxygen atoms in total. The van der Waals surface area contributed by atoms with Crippen molar-refractivity contribution in [2.24, 2.45) is 0 Å². The first-order valence-electron chi connectivity index (χ1n) is 7.30. The van der Waals surface area contributed by atoms with Crippen molar-refractivity contribution in [3.63, 3.8) is 0 Å². The molecule has 0 radical (unpaired) electrons. The van der Waals surface area contributed by atoms with E-state index in [-0.39, 0.29) is 11.7 Å². The molecule has 0 N–H and O–H groups in total. The number of hydrogen-bond acceptors (Lipinski definition) is 5. The molecule has 0 aromatic carbocycles. The number of aryl methyl sites for hydroxylation is 1. The summed E-state index contributed by atoms with van der Waals surface area (Å²) in [5.74, 6) is 1.03. The van der Waals surface area contributed by atoms with E-state index in [1.165, 1.54) is 0 Å². The number of hydrogen-bond donors (Lipinski definition) is 0. The van der Waals surface area contributed by atoms with Gasteiger partial charge in [-0.15, -0.1) is 0 Å². The highest BCUT2D eigenvalue weighted by molar-refractivity contribution is 4.90. The van der Waals surface area contributed by atoms with Crippen molar-refractivity contribution < 1.29 is 9.47 Å². The SMILES string of the molecule is CCCn1ncnc1CN1C[C@H](COC)OC(C)(C)C1. The molecule has 1 aromatic rings. The van der Waals surface area contributed by atoms with E-state index in [4.69, 9.17) is 9.47 Å². The fraction of sp³-hybridized carbons (Fsp3) is 0.857. The van der Waals surface area contributed by atoms with Crippen molar-refractivity contribution in [1.82, 2.24) is 19.7 Å². The van der Waals surface area contributed by atoms with Crippen LogP contribution < -0.4 is 0 Å². The summed E-state index contributed by atoms with van der Waals surface area (Å²) in [4.78, 5) is 6.76. The lowest BCUT2D eigenvalue weighted by Crippen LogP contribution is -2.53. The van der Waals surface area contributed by atoms with E-state index in [1.54, 1.807) is 13.4 Å². The average Bonchev–Trinajstić information content (AvgIpc) is 2.75. The van der Waals surface area contributed by atoms with Crippen LogP contribution in [0.25, 0.3) is 0 Å². The van der Waals surface area contributed by atoms with Crippen LogP contribution in [-0.2, 0) is 22.6 Å². The quantitative estimate of drug-likeness (QED) is 0.787. The van der Waals surface area contributed by atoms with E-state index in [0.717, 1.165) is 38.4 Å². The minimum absolute atomic E-state index is 0.117. The monoisotopic (exact) mass is 282 g/mol. The standard InChI is InChI=1S/C14H26N4O2/c1-5-6-18-13(15-11-16-18)8-17-7-12(9-19-4)20-14(2,3)10-17/h11-12H,5-10H2,1-4H3/t12-/m1/s1. The van der Waals surface area contributed by atoms with Crippen LogP contribution in [0.5, 0.6) is 0 Å². The maximum Gasteiger partial charge on any atom is 0.141 e. The van der Waals surface area contributed by atoms with Crippen molar-refractivity contribution in [1.29, 1.82) is 0 Å². The van der Waals surface area contributed by atoms with Crippen LogP contribution in [0.3, 0.4) is 0 Å². The third-order valence-corrected chi connectivity index (χ3v) is 3.40. The summed E-state index contributed by atoms with van der Waals surface area (Å²) in [6.45, 7) is 10.5. The van der Waals surface area contributed by atoms with Gasteiger partial charge in [-0.25, -0.2) is 9.67 Å². The Hall–Kier alpha value is -0.980. The number of nitrogens with zero attached hydrogens (tertiary/aromatic N) is 4. The van der Waals surface area contributed by atoms with Crippen LogP contribution in [0, 0.1) is 0 Å². The molecule has 114 valence electrons. The largest absolute Gasteiger partial charge is 0.382 e. The second kappa shape index (κ2) is 6.65. The van der Waals surface area contributed by atoms with Crippen LogP contribution in [0.2, 0.25) is 0 Å². The molecule has 2 heterocycles. The predicted molar refractivity (Wildman–Crippen MR) is 76.4 cm³/mol. The first-order valence-corrected chi connectivity index (χ1v) is 7.30. The second-order valence-corrected chi connectivity index (χ2v) is 6.02. The molecule has 1 fully saturated rings. The van der Waals surface area contributed by atoms with Gasteiger partial charge in [0.15, 0.2) is 0 Å². The molecule has 6 heteroatoms. The van der Waals surface area contributed by atoms with Gasteiger partial charge in [-0.3, -0.25) is 4.90 Å². The normalized spacial score (nSPS) is 23.1. The highest BCUT2D eigenvalue weighted by Gasteiger charge is 2.33. The first kappa shape index (κ1) is 15.4. The van der Waals surface area contributed by atoms with E-state index in [2.05, 4.69) is 35.8 Å². The summed E-state index contributed by atoms with van der Waals surface area (Å²) >= 11 is 0. The number of methoxy groups -OCH3 is 1. The molecule has 0 spiro atoms. The van der Waals surface area contributed by atoms with Crippen LogP contribution in [0.15, 0.2) is 6.33 Å². The van der Waals surface area contributed by atoms with E-state index in [9.17, 15) is 0 Å². The minimum Gasteiger partial charge on any atom is -0.382 e. The van der Waals surface area contributed by atoms with E-state index in [0.29, 0.717) is 6.61 Å². The Morgan fingerprint density at radius 3 is 3.00 bits per heavy atom. The number of ether oxygens (including phenoxy) is 2. The highest BCUT2D eigenvalue weighted by Crippen LogP contribution is 2.22. The third-order valence-electron chi connectivity index (χ3n) is 3.40. The molecule has 2 rings (SSSR count). The van der Waals surface area contributed by atoms with Gasteiger partial charge in [-0.2, -0.15) is 5.10 Å². The molecule has 1 saturated heterocycles. The van der Waals surface area contributed by atoms with Crippen molar-refractivity contribution in [3.8, 4) is 0 Å². The molecule has 1 atom stereocenters. The zero-order chi connectivity index (χ0) is 14.6. The molecule has 0 saturated carbocycles. The van der Waals surface area contributed by atoms with Gasteiger partial charge in [0.25, 0.3) is 0 Å². The zero-order valence-electron chi connectivity index (χ0n) is 13.0. The van der Waals surface area contributed by atoms with Gasteiger partial charge in [0.05, 0.1) is 24.9 Å². The van der Waals surface area contributed by atoms with Crippen LogP contribution in [0.1, 0.15) is 33.0 Å². The summed E-state index contributed by atoms with van der Waals surface area (Å²) in [5.41, 5.74) is -0.156. The molecule has 1 aromatic heterocycles. The molecule has 0 amide bonds. The van der Waals surface area contributed by atoms with Gasteiger partial charge in [-0.1, -0.05) is 6.92 Å². The molecule has 20 heavy (non-hydrogen) atoms. The molecule has 1 aliphatic rings. The summed E-state index contributed by atoms with van der Waals surface area (Å²) < 4.78 is 13.3. The summed E-state index contributed by atoms with van der Waals surface area (Å²) in [7, 11) is 1.72. The maximum absolute atomic E-state index is 6.03. The summed E-state index contributed by atoms with van der Waals surface area (Å²) in [6, 6.07) is 0. The fourth-order valence-electron chi connectivity index (χ4n) is 2.82. The molecule has 0 aliphatic carbocycles. The Balaban J connectivity index is 2.01. The minimum atomic E-state index is -0.156. The lowest BCUT2D eigenvalue weighted by molar-refractivity contribution is -0.154. The Bertz CT molecular complexity index is 419. The first-order chi connectivity index (χ1) is 9.54. The van der Waals surface area contributed by atoms with E-state index in [1.807, 2.05) is 4.68 Å². The van der Waals surface area contributed by atoms with E-state index < -0.39 is 0 Å². The molecule has 1 aliphatic heterocycles. The Labute approximate surface area is 121 Å². The van der Waals surface area contributed by atoms with Crippen molar-refractivity contribution in [2.75, 3.05) is 26.8 Å². The Morgan fingerprint density at radius 2 is 2.30 bits per heavy atom. The number of morpholine rings is 1. The zero-order valence-corrected chi connectivity index (χ0v) is 13.0. The molecule has 0 unspecified atom stereocenters. The van der Waals surface area contributed by atoms with Crippen molar-refractivity contribution in [3.05, 3.63) is 12.2 Å². The van der Waals surface area contributed by atoms with Gasteiger partial charge >= 0.3 is 0 Å². The Morgan fingerprint density at radius 1 is 1.50 bits per heavy atom. The van der Waals surface area contributed by atoms with Crippen molar-refractivity contribution in [2.45, 2.75) is 52.0 Å². The van der Waals surface area contributed by atoms with Gasteiger partial charge in [-0.05, 0) is 20.3 Å². The second-order valence-electron chi connectivity index (χ2n) is 6.02. The van der Waals surface area contributed by atoms with Gasteiger partial charge < -0.3 is 9.47 Å². The van der Waals surface area contributed by atoms with Gasteiger partial charge in [0, 0.05) is 26.7 Å². The van der Waals surface area contributed by atoms with Crippen LogP contribution >= 0.6 is 0 Å². The smallest absolute Gasteiger partial charge is 0.141 e. The Kier molecular flexibility index (Phi) is 5.12. The summed E-state index contributed by atoms with van der Waals surface area (Å²) in [6.07, 6.45) is 2.83. The summed E-state index contributed by atoms with van der Waals surface area (Å²) in [5, 5.41) is 4.29. The number of aromatic nitrogens is 3. The molecule has 0 bridgehead atoms. The molecular formula is C14H26N4O2. The molecular weight excluding hydrogens is 256 g/mol.